The number of hydrogen-bond donors (Lipinski definition) is 0. The molecule has 2 heterocycles. The van der Waals surface area contributed by atoms with Gasteiger partial charge in [-0.25, -0.2) is 9.67 Å². The Labute approximate surface area is 147 Å². The summed E-state index contributed by atoms with van der Waals surface area (Å²) < 4.78 is 80.4. The van der Waals surface area contributed by atoms with E-state index in [0.717, 1.165) is 10.7 Å². The quantitative estimate of drug-likeness (QED) is 0.483. The van der Waals surface area contributed by atoms with Gasteiger partial charge in [-0.3, -0.25) is 4.79 Å². The number of hydrogen-bond acceptors (Lipinski definition) is 4. The molecule has 11 heteroatoms. The van der Waals surface area contributed by atoms with Gasteiger partial charge < -0.3 is 0 Å². The van der Waals surface area contributed by atoms with Gasteiger partial charge in [0.15, 0.2) is 11.5 Å². The lowest BCUT2D eigenvalue weighted by Crippen LogP contribution is -2.14. The largest absolute Gasteiger partial charge is 0.433 e. The Hall–Kier alpha value is -2.98. The highest BCUT2D eigenvalue weighted by Crippen LogP contribution is 2.38. The van der Waals surface area contributed by atoms with Gasteiger partial charge in [0.25, 0.3) is 0 Å². The first-order chi connectivity index (χ1) is 12.4. The van der Waals surface area contributed by atoms with Crippen LogP contribution < -0.4 is 0 Å². The van der Waals surface area contributed by atoms with Crippen molar-refractivity contribution in [1.29, 1.82) is 0 Å². The molecule has 27 heavy (non-hydrogen) atoms. The number of aromatic nitrogens is 4. The average Bonchev–Trinajstić information content (AvgIpc) is 2.93. The molecule has 0 fully saturated rings. The van der Waals surface area contributed by atoms with Gasteiger partial charge in [-0.1, -0.05) is 17.3 Å². The molecule has 0 radical (unpaired) electrons. The normalized spacial score (nSPS) is 12.6. The van der Waals surface area contributed by atoms with Crippen LogP contribution in [0.4, 0.5) is 26.3 Å². The number of ketones is 1. The minimum atomic E-state index is -4.99. The number of alkyl halides is 6. The third kappa shape index (κ3) is 3.24. The summed E-state index contributed by atoms with van der Waals surface area (Å²) in [7, 11) is 0. The Morgan fingerprint density at radius 3 is 2.26 bits per heavy atom. The van der Waals surface area contributed by atoms with Crippen molar-refractivity contribution in [2.24, 2.45) is 0 Å². The van der Waals surface area contributed by atoms with Gasteiger partial charge in [0.2, 0.25) is 0 Å². The van der Waals surface area contributed by atoms with Crippen molar-refractivity contribution in [2.45, 2.75) is 26.2 Å². The topological polar surface area (TPSA) is 60.7 Å². The predicted octanol–water partition coefficient (Wildman–Crippen LogP) is 4.36. The Kier molecular flexibility index (Phi) is 4.20. The van der Waals surface area contributed by atoms with E-state index in [1.54, 1.807) is 0 Å². The smallest absolute Gasteiger partial charge is 0.293 e. The molecule has 3 aromatic rings. The number of rotatable bonds is 2. The van der Waals surface area contributed by atoms with Crippen LogP contribution in [-0.2, 0) is 12.4 Å². The fourth-order valence-corrected chi connectivity index (χ4v) is 2.66. The summed E-state index contributed by atoms with van der Waals surface area (Å²) in [4.78, 5) is 14.7. The van der Waals surface area contributed by atoms with Crippen LogP contribution in [0.5, 0.6) is 0 Å². The molecular weight excluding hydrogens is 378 g/mol. The standard InChI is InChI=1S/C16H10F6N4O/c1-7-13(8(2)27)24-25-26(7)11-6-12(16(20,21)22)23-14-9(11)4-3-5-10(14)15(17,18)19/h3-6H,1-2H3. The van der Waals surface area contributed by atoms with E-state index in [0.29, 0.717) is 12.1 Å². The zero-order chi connectivity index (χ0) is 20.1. The number of nitrogens with zero attached hydrogens (tertiary/aromatic N) is 4. The zero-order valence-electron chi connectivity index (χ0n) is 13.8. The van der Waals surface area contributed by atoms with Gasteiger partial charge in [-0.15, -0.1) is 5.10 Å². The molecule has 0 N–H and O–H groups in total. The molecule has 0 atom stereocenters. The van der Waals surface area contributed by atoms with Crippen LogP contribution in [0.1, 0.15) is 34.4 Å². The van der Waals surface area contributed by atoms with Gasteiger partial charge in [0.05, 0.1) is 22.5 Å². The van der Waals surface area contributed by atoms with E-state index in [9.17, 15) is 31.1 Å². The second-order valence-electron chi connectivity index (χ2n) is 5.72. The van der Waals surface area contributed by atoms with E-state index in [1.807, 2.05) is 0 Å². The van der Waals surface area contributed by atoms with Crippen molar-refractivity contribution in [1.82, 2.24) is 20.0 Å². The minimum absolute atomic E-state index is 0.0968. The molecule has 0 aliphatic heterocycles. The van der Waals surface area contributed by atoms with E-state index in [-0.39, 0.29) is 22.5 Å². The lowest BCUT2D eigenvalue weighted by molar-refractivity contribution is -0.142. The summed E-state index contributed by atoms with van der Waals surface area (Å²) in [6.07, 6.45) is -9.89. The molecule has 0 spiro atoms. The van der Waals surface area contributed by atoms with Crippen LogP contribution in [0.25, 0.3) is 16.6 Å². The highest BCUT2D eigenvalue weighted by molar-refractivity contribution is 5.94. The molecule has 0 saturated heterocycles. The maximum atomic E-state index is 13.3. The second-order valence-corrected chi connectivity index (χ2v) is 5.72. The summed E-state index contributed by atoms with van der Waals surface area (Å²) in [5.41, 5.74) is -4.00. The summed E-state index contributed by atoms with van der Waals surface area (Å²) in [5.74, 6) is -0.482. The summed E-state index contributed by atoms with van der Waals surface area (Å²) >= 11 is 0. The molecule has 0 aliphatic carbocycles. The monoisotopic (exact) mass is 388 g/mol. The minimum Gasteiger partial charge on any atom is -0.293 e. The third-order valence-electron chi connectivity index (χ3n) is 3.87. The highest BCUT2D eigenvalue weighted by atomic mass is 19.4. The molecule has 1 aromatic carbocycles. The lowest BCUT2D eigenvalue weighted by atomic mass is 10.1. The van der Waals surface area contributed by atoms with Gasteiger partial charge in [-0.2, -0.15) is 26.3 Å². The Balaban J connectivity index is 2.44. The van der Waals surface area contributed by atoms with Crippen molar-refractivity contribution < 1.29 is 31.1 Å². The Morgan fingerprint density at radius 1 is 1.07 bits per heavy atom. The maximum absolute atomic E-state index is 13.3. The Bertz CT molecular complexity index is 1050. The second kappa shape index (κ2) is 6.03. The SMILES string of the molecule is CC(=O)c1nnn(-c2cc(C(F)(F)F)nc3c(C(F)(F)F)cccc23)c1C. The number of Topliss-reactive ketones (excluding diaryl/α,β-unsaturated/α-hetero) is 1. The molecule has 3 rings (SSSR count). The number of carbonyl (C=O) groups excluding carboxylic acids is 1. The fourth-order valence-electron chi connectivity index (χ4n) is 2.66. The number of fused-ring (bicyclic) bond motifs is 1. The first-order valence-electron chi connectivity index (χ1n) is 7.43. The molecule has 0 aliphatic rings. The molecule has 0 bridgehead atoms. The molecule has 0 amide bonds. The average molecular weight is 388 g/mol. The molecule has 5 nitrogen and oxygen atoms in total. The van der Waals surface area contributed by atoms with Crippen LogP contribution in [0, 0.1) is 6.92 Å². The van der Waals surface area contributed by atoms with Crippen LogP contribution in [0.3, 0.4) is 0 Å². The predicted molar refractivity (Wildman–Crippen MR) is 81.4 cm³/mol. The molecule has 2 aromatic heterocycles. The summed E-state index contributed by atoms with van der Waals surface area (Å²) in [6, 6.07) is 3.48. The number of para-hydroxylation sites is 1. The molecule has 0 unspecified atom stereocenters. The highest BCUT2D eigenvalue weighted by Gasteiger charge is 2.38. The van der Waals surface area contributed by atoms with Crippen molar-refractivity contribution in [2.75, 3.05) is 0 Å². The van der Waals surface area contributed by atoms with E-state index < -0.39 is 34.9 Å². The first-order valence-corrected chi connectivity index (χ1v) is 7.43. The Morgan fingerprint density at radius 2 is 1.74 bits per heavy atom. The van der Waals surface area contributed by atoms with E-state index in [1.165, 1.54) is 19.9 Å². The number of benzene rings is 1. The zero-order valence-corrected chi connectivity index (χ0v) is 13.8. The first kappa shape index (κ1) is 18.8. The van der Waals surface area contributed by atoms with Gasteiger partial charge in [0, 0.05) is 12.3 Å². The number of pyridine rings is 1. The van der Waals surface area contributed by atoms with Crippen LogP contribution >= 0.6 is 0 Å². The summed E-state index contributed by atoms with van der Waals surface area (Å²) in [5, 5.41) is 7.04. The molecule has 142 valence electrons. The van der Waals surface area contributed by atoms with Gasteiger partial charge in [-0.05, 0) is 19.1 Å². The van der Waals surface area contributed by atoms with Crippen LogP contribution in [0.15, 0.2) is 24.3 Å². The maximum Gasteiger partial charge on any atom is 0.433 e. The molecule has 0 saturated carbocycles. The van der Waals surface area contributed by atoms with Gasteiger partial charge in [0.1, 0.15) is 5.69 Å². The van der Waals surface area contributed by atoms with E-state index in [4.69, 9.17) is 0 Å². The van der Waals surface area contributed by atoms with Gasteiger partial charge >= 0.3 is 12.4 Å². The fraction of sp³-hybridized carbons (Fsp3) is 0.250. The number of halogens is 6. The van der Waals surface area contributed by atoms with Crippen LogP contribution in [-0.4, -0.2) is 25.8 Å². The van der Waals surface area contributed by atoms with E-state index >= 15 is 0 Å². The van der Waals surface area contributed by atoms with Crippen molar-refractivity contribution in [3.05, 3.63) is 46.9 Å². The van der Waals surface area contributed by atoms with E-state index in [2.05, 4.69) is 15.3 Å². The molecular formula is C16H10F6N4O. The van der Waals surface area contributed by atoms with Crippen molar-refractivity contribution in [3.63, 3.8) is 0 Å². The van der Waals surface area contributed by atoms with Crippen LogP contribution in [0.2, 0.25) is 0 Å². The third-order valence-corrected chi connectivity index (χ3v) is 3.87. The summed E-state index contributed by atoms with van der Waals surface area (Å²) in [6.45, 7) is 2.57. The lowest BCUT2D eigenvalue weighted by Gasteiger charge is -2.15. The van der Waals surface area contributed by atoms with Crippen molar-refractivity contribution in [3.8, 4) is 5.69 Å². The number of carbonyl (C=O) groups is 1. The van der Waals surface area contributed by atoms with Crippen molar-refractivity contribution >= 4 is 16.7 Å².